The average Bonchev–Trinajstić information content (AvgIpc) is 4.24. The number of carbonyl (C=O) groups is 5. The molecule has 5 aromatic rings. The Kier molecular flexibility index (Phi) is 19.9. The molecule has 3 fully saturated rings. The predicted molar refractivity (Wildman–Crippen MR) is 308 cm³/mol. The Hall–Kier alpha value is -7.09. The summed E-state index contributed by atoms with van der Waals surface area (Å²) in [4.78, 5) is 96.5. The van der Waals surface area contributed by atoms with Gasteiger partial charge in [0.15, 0.2) is 0 Å². The van der Waals surface area contributed by atoms with Gasteiger partial charge in [-0.15, -0.1) is 11.3 Å². The van der Waals surface area contributed by atoms with Crippen LogP contribution in [0.1, 0.15) is 73.8 Å². The Balaban J connectivity index is 0.789. The van der Waals surface area contributed by atoms with Gasteiger partial charge in [-0.2, -0.15) is 13.2 Å². The minimum atomic E-state index is -4.98. The van der Waals surface area contributed by atoms with Gasteiger partial charge in [-0.05, 0) is 79.8 Å². The number of hydrogen-bond acceptors (Lipinski definition) is 14. The molecule has 19 nitrogen and oxygen atoms in total. The maximum Gasteiger partial charge on any atom is 0.417 e. The number of nitrogens with one attached hydrogen (secondary N) is 5. The van der Waals surface area contributed by atoms with Gasteiger partial charge in [0.1, 0.15) is 31.1 Å². The number of aliphatic hydroxyl groups is 1. The molecule has 0 bridgehead atoms. The van der Waals surface area contributed by atoms with Crippen LogP contribution in [0.5, 0.6) is 0 Å². The number of alkyl halides is 3. The number of aliphatic hydroxyl groups excluding tert-OH is 1. The predicted octanol–water partition coefficient (Wildman–Crippen LogP) is 5.47. The average molecular weight is 1170 g/mol. The number of piperazine rings is 2. The van der Waals surface area contributed by atoms with Crippen molar-refractivity contribution < 1.29 is 51.4 Å². The number of ether oxygens (including phenoxy) is 1. The van der Waals surface area contributed by atoms with Crippen molar-refractivity contribution >= 4 is 52.2 Å². The number of rotatable bonds is 19. The number of β-amino-alcohol motifs (C(OH)–C–C–N with tert-alkyl or cyclic N) is 1. The second-order valence-electron chi connectivity index (χ2n) is 22.8. The first kappa shape index (κ1) is 62.0. The summed E-state index contributed by atoms with van der Waals surface area (Å²) >= 11 is 1.55. The third-order valence-electron chi connectivity index (χ3n) is 15.6. The van der Waals surface area contributed by atoms with Gasteiger partial charge < -0.3 is 45.9 Å². The zero-order valence-electron chi connectivity index (χ0n) is 47.7. The van der Waals surface area contributed by atoms with Crippen LogP contribution in [-0.4, -0.2) is 174 Å². The van der Waals surface area contributed by atoms with Crippen LogP contribution < -0.4 is 31.7 Å². The number of aromatic amines is 1. The SMILES string of the molecule is Cc1ncsc1-c1ccc(CNC(=O)[C@@H]2C[C@@H](O)CN2C(=O)[C@@H](NC(=O)COCC(=O)NCCN2CCN(Cc3ccc(F)c(-c4ccc(N5C[C@@H](C)N(C)[C@@H](C)C5)c(NC(=O)c5c[nH]c(=O)cc5C(F)(F)F)c4)c3)CC2)C(C)(C)C)cc1. The van der Waals surface area contributed by atoms with E-state index in [1.165, 1.54) is 11.0 Å². The zero-order valence-corrected chi connectivity index (χ0v) is 48.5. The van der Waals surface area contributed by atoms with Crippen LogP contribution in [-0.2, 0) is 43.2 Å². The molecule has 83 heavy (non-hydrogen) atoms. The number of H-pyrrole nitrogens is 1. The number of aromatic nitrogens is 2. The fourth-order valence-electron chi connectivity index (χ4n) is 10.7. The second-order valence-corrected chi connectivity index (χ2v) is 23.7. The molecule has 6 N–H and O–H groups in total. The zero-order chi connectivity index (χ0) is 59.9. The number of hydrogen-bond donors (Lipinski definition) is 6. The molecule has 2 aromatic heterocycles. The third-order valence-corrected chi connectivity index (χ3v) is 16.5. The monoisotopic (exact) mass is 1170 g/mol. The van der Waals surface area contributed by atoms with Crippen molar-refractivity contribution in [3.8, 4) is 21.6 Å². The van der Waals surface area contributed by atoms with Crippen molar-refractivity contribution in [2.24, 2.45) is 5.41 Å². The summed E-state index contributed by atoms with van der Waals surface area (Å²) in [5.74, 6) is -3.64. The number of pyridine rings is 1. The number of aryl methyl sites for hydroxylation is 1. The Bertz CT molecular complexity index is 3190. The van der Waals surface area contributed by atoms with E-state index in [4.69, 9.17) is 4.74 Å². The number of thiazole rings is 1. The highest BCUT2D eigenvalue weighted by atomic mass is 32.1. The number of nitrogens with zero attached hydrogens (tertiary/aromatic N) is 6. The fraction of sp³-hybridized carbons (Fsp3) is 0.475. The first-order chi connectivity index (χ1) is 39.3. The normalized spacial score (nSPS) is 19.6. The molecule has 0 unspecified atom stereocenters. The summed E-state index contributed by atoms with van der Waals surface area (Å²) in [6.45, 7) is 15.7. The largest absolute Gasteiger partial charge is 0.417 e. The van der Waals surface area contributed by atoms with E-state index >= 15 is 4.39 Å². The molecule has 0 aliphatic carbocycles. The van der Waals surface area contributed by atoms with E-state index in [1.54, 1.807) is 68.0 Å². The molecule has 0 saturated carbocycles. The molecule has 0 spiro atoms. The van der Waals surface area contributed by atoms with E-state index in [9.17, 15) is 47.0 Å². The molecule has 5 heterocycles. The summed E-state index contributed by atoms with van der Waals surface area (Å²) in [7, 11) is 2.01. The molecule has 24 heteroatoms. The Labute approximate surface area is 483 Å². The molecule has 8 rings (SSSR count). The number of anilines is 2. The highest BCUT2D eigenvalue weighted by Crippen LogP contribution is 2.37. The maximum atomic E-state index is 15.8. The lowest BCUT2D eigenvalue weighted by molar-refractivity contribution is -0.145. The van der Waals surface area contributed by atoms with Gasteiger partial charge in [0.05, 0.1) is 44.7 Å². The lowest BCUT2D eigenvalue weighted by atomic mass is 9.85. The summed E-state index contributed by atoms with van der Waals surface area (Å²) in [5.41, 5.74) is 2.82. The Morgan fingerprint density at radius 2 is 1.52 bits per heavy atom. The van der Waals surface area contributed by atoms with E-state index in [0.717, 1.165) is 33.5 Å². The molecule has 3 aromatic carbocycles. The van der Waals surface area contributed by atoms with Crippen LogP contribution in [0.2, 0.25) is 0 Å². The third kappa shape index (κ3) is 15.8. The first-order valence-corrected chi connectivity index (χ1v) is 28.6. The molecule has 3 aliphatic heterocycles. The number of carbonyl (C=O) groups excluding carboxylic acids is 5. The second kappa shape index (κ2) is 26.7. The number of amides is 5. The molecule has 0 radical (unpaired) electrons. The summed E-state index contributed by atoms with van der Waals surface area (Å²) < 4.78 is 63.3. The number of likely N-dealkylation sites (tertiary alicyclic amines) is 1. The minimum Gasteiger partial charge on any atom is -0.391 e. The molecule has 5 amide bonds. The quantitative estimate of drug-likeness (QED) is 0.0565. The van der Waals surface area contributed by atoms with Gasteiger partial charge in [0.2, 0.25) is 29.2 Å². The maximum absolute atomic E-state index is 15.8. The number of likely N-dealkylation sites (N-methyl/N-ethyl adjacent to an activating group) is 1. The highest BCUT2D eigenvalue weighted by Gasteiger charge is 2.45. The molecule has 3 saturated heterocycles. The van der Waals surface area contributed by atoms with Crippen molar-refractivity contribution in [1.82, 2.24) is 45.5 Å². The van der Waals surface area contributed by atoms with E-state index < -0.39 is 95.0 Å². The van der Waals surface area contributed by atoms with E-state index in [2.05, 4.69) is 45.9 Å². The van der Waals surface area contributed by atoms with Crippen molar-refractivity contribution in [2.45, 2.75) is 97.5 Å². The first-order valence-electron chi connectivity index (χ1n) is 27.7. The lowest BCUT2D eigenvalue weighted by Crippen LogP contribution is -2.58. The van der Waals surface area contributed by atoms with Crippen LogP contribution in [0.4, 0.5) is 28.9 Å². The van der Waals surface area contributed by atoms with E-state index in [0.29, 0.717) is 76.2 Å². The Morgan fingerprint density at radius 1 is 0.855 bits per heavy atom. The topological polar surface area (TPSA) is 225 Å². The van der Waals surface area contributed by atoms with Crippen molar-refractivity contribution in [2.75, 3.05) is 89.4 Å². The van der Waals surface area contributed by atoms with Gasteiger partial charge in [0.25, 0.3) is 5.91 Å². The van der Waals surface area contributed by atoms with E-state index in [-0.39, 0.29) is 42.8 Å². The summed E-state index contributed by atoms with van der Waals surface area (Å²) in [6, 6.07) is 16.1. The van der Waals surface area contributed by atoms with Crippen LogP contribution in [0, 0.1) is 18.2 Å². The standard InChI is InChI=1S/C59H73F4N11O8S/c1-35-28-73(29-36(2)70(35)7)48-15-13-41(23-47(48)68-55(79)44-27-65-50(76)25-45(44)59(61,62)63)43-22-39(10-14-46(43)60)30-72-20-18-71(19-21-72)17-16-64-51(77)32-82-33-52(78)69-54(58(4,5)6)57(81)74-31-42(75)24-49(74)56(80)66-26-38-8-11-40(12-9-38)53-37(3)67-34-83-53/h8-15,22-23,25,27,34-36,42,49,54,75H,16-21,24,26,28-33H2,1-7H3,(H,64,77)(H,65,76)(H,66,80)(H,68,79)(H,69,78)/t35-,36+,42-,49+,54-/m1/s1. The molecule has 3 aliphatic rings. The Morgan fingerprint density at radius 3 is 2.18 bits per heavy atom. The van der Waals surface area contributed by atoms with Gasteiger partial charge in [-0.25, -0.2) is 9.37 Å². The summed E-state index contributed by atoms with van der Waals surface area (Å²) in [6.07, 6.45) is -5.14. The van der Waals surface area contributed by atoms with Crippen LogP contribution in [0.3, 0.4) is 0 Å². The van der Waals surface area contributed by atoms with Crippen molar-refractivity contribution in [3.63, 3.8) is 0 Å². The number of halogens is 4. The van der Waals surface area contributed by atoms with Gasteiger partial charge in [-0.1, -0.05) is 57.2 Å². The molecule has 446 valence electrons. The van der Waals surface area contributed by atoms with Crippen LogP contribution in [0.25, 0.3) is 21.6 Å². The smallest absolute Gasteiger partial charge is 0.391 e. The highest BCUT2D eigenvalue weighted by molar-refractivity contribution is 7.13. The number of benzene rings is 3. The molecule has 5 atom stereocenters. The van der Waals surface area contributed by atoms with Gasteiger partial charge in [-0.3, -0.25) is 43.5 Å². The van der Waals surface area contributed by atoms with E-state index in [1.807, 2.05) is 57.0 Å². The summed E-state index contributed by atoms with van der Waals surface area (Å²) in [5, 5.41) is 21.7. The lowest BCUT2D eigenvalue weighted by Gasteiger charge is -2.44. The van der Waals surface area contributed by atoms with Gasteiger partial charge in [0, 0.05) is 108 Å². The van der Waals surface area contributed by atoms with Crippen LogP contribution >= 0.6 is 11.3 Å². The molecular weight excluding hydrogens is 1100 g/mol. The van der Waals surface area contributed by atoms with Crippen molar-refractivity contribution in [3.05, 3.63) is 123 Å². The fourth-order valence-corrected chi connectivity index (χ4v) is 11.5. The van der Waals surface area contributed by atoms with Crippen molar-refractivity contribution in [1.29, 1.82) is 0 Å². The van der Waals surface area contributed by atoms with Crippen LogP contribution in [0.15, 0.2) is 83.2 Å². The van der Waals surface area contributed by atoms with Gasteiger partial charge >= 0.3 is 6.18 Å². The molecular formula is C59H73F4N11O8S. The minimum absolute atomic E-state index is 0.0392.